The van der Waals surface area contributed by atoms with Gasteiger partial charge in [-0.3, -0.25) is 9.59 Å². The first-order chi connectivity index (χ1) is 9.90. The van der Waals surface area contributed by atoms with Crippen LogP contribution in [-0.2, 0) is 4.79 Å². The van der Waals surface area contributed by atoms with E-state index in [1.807, 2.05) is 0 Å². The van der Waals surface area contributed by atoms with E-state index in [9.17, 15) is 14.0 Å². The quantitative estimate of drug-likeness (QED) is 0.816. The van der Waals surface area contributed by atoms with Gasteiger partial charge in [-0.1, -0.05) is 0 Å². The molecule has 1 heterocycles. The van der Waals surface area contributed by atoms with Crippen LogP contribution in [-0.4, -0.2) is 48.8 Å². The SMILES string of the molecule is CN(C)C(=O)C1CCN(C(=O)c2ccc(Br)c(F)c2)CC1. The zero-order valence-corrected chi connectivity index (χ0v) is 13.7. The van der Waals surface area contributed by atoms with Gasteiger partial charge < -0.3 is 9.80 Å². The summed E-state index contributed by atoms with van der Waals surface area (Å²) in [7, 11) is 3.48. The summed E-state index contributed by atoms with van der Waals surface area (Å²) >= 11 is 3.07. The van der Waals surface area contributed by atoms with Crippen molar-refractivity contribution in [1.82, 2.24) is 9.80 Å². The average Bonchev–Trinajstić information content (AvgIpc) is 2.48. The second-order valence-corrected chi connectivity index (χ2v) is 6.28. The Bertz CT molecular complexity index is 555. The topological polar surface area (TPSA) is 40.6 Å². The number of carbonyl (C=O) groups excluding carboxylic acids is 2. The molecular weight excluding hydrogens is 339 g/mol. The second kappa shape index (κ2) is 6.56. The van der Waals surface area contributed by atoms with E-state index in [0.717, 1.165) is 0 Å². The smallest absolute Gasteiger partial charge is 0.253 e. The Morgan fingerprint density at radius 2 is 1.90 bits per heavy atom. The van der Waals surface area contributed by atoms with E-state index in [-0.39, 0.29) is 17.7 Å². The maximum absolute atomic E-state index is 13.5. The van der Waals surface area contributed by atoms with Gasteiger partial charge in [-0.15, -0.1) is 0 Å². The molecule has 1 aromatic carbocycles. The van der Waals surface area contributed by atoms with Gasteiger partial charge in [0.25, 0.3) is 5.91 Å². The molecule has 1 aliphatic rings. The lowest BCUT2D eigenvalue weighted by Crippen LogP contribution is -2.42. The van der Waals surface area contributed by atoms with Gasteiger partial charge in [-0.2, -0.15) is 0 Å². The van der Waals surface area contributed by atoms with Gasteiger partial charge >= 0.3 is 0 Å². The van der Waals surface area contributed by atoms with Crippen molar-refractivity contribution in [3.63, 3.8) is 0 Å². The van der Waals surface area contributed by atoms with Gasteiger partial charge in [0.2, 0.25) is 5.91 Å². The fourth-order valence-corrected chi connectivity index (χ4v) is 2.75. The highest BCUT2D eigenvalue weighted by molar-refractivity contribution is 9.10. The molecule has 1 aromatic rings. The zero-order chi connectivity index (χ0) is 15.6. The molecule has 6 heteroatoms. The average molecular weight is 357 g/mol. The monoisotopic (exact) mass is 356 g/mol. The Morgan fingerprint density at radius 3 is 2.43 bits per heavy atom. The van der Waals surface area contributed by atoms with Crippen LogP contribution in [0.5, 0.6) is 0 Å². The number of rotatable bonds is 2. The van der Waals surface area contributed by atoms with E-state index in [4.69, 9.17) is 0 Å². The molecule has 0 radical (unpaired) electrons. The van der Waals surface area contributed by atoms with Gasteiger partial charge in [0.05, 0.1) is 4.47 Å². The molecule has 2 amide bonds. The predicted octanol–water partition coefficient (Wildman–Crippen LogP) is 2.53. The Kier molecular flexibility index (Phi) is 4.98. The molecule has 2 rings (SSSR count). The molecule has 1 fully saturated rings. The standard InChI is InChI=1S/C15H18BrFN2O2/c1-18(2)14(20)10-5-7-19(8-6-10)15(21)11-3-4-12(16)13(17)9-11/h3-4,9-10H,5-8H2,1-2H3. The Hall–Kier alpha value is -1.43. The van der Waals surface area contributed by atoms with Crippen molar-refractivity contribution in [2.24, 2.45) is 5.92 Å². The van der Waals surface area contributed by atoms with Crippen LogP contribution in [0.4, 0.5) is 4.39 Å². The summed E-state index contributed by atoms with van der Waals surface area (Å²) in [5.41, 5.74) is 0.341. The molecule has 1 aliphatic heterocycles. The van der Waals surface area contributed by atoms with Crippen molar-refractivity contribution in [2.75, 3.05) is 27.2 Å². The molecule has 0 atom stereocenters. The second-order valence-electron chi connectivity index (χ2n) is 5.43. The summed E-state index contributed by atoms with van der Waals surface area (Å²) in [6.45, 7) is 1.06. The van der Waals surface area contributed by atoms with Crippen molar-refractivity contribution in [1.29, 1.82) is 0 Å². The Morgan fingerprint density at radius 1 is 1.29 bits per heavy atom. The lowest BCUT2D eigenvalue weighted by molar-refractivity contribution is -0.134. The highest BCUT2D eigenvalue weighted by Gasteiger charge is 2.28. The minimum atomic E-state index is -0.446. The molecule has 0 N–H and O–H groups in total. The number of nitrogens with zero attached hydrogens (tertiary/aromatic N) is 2. The first-order valence-corrected chi connectivity index (χ1v) is 7.65. The van der Waals surface area contributed by atoms with Crippen LogP contribution >= 0.6 is 15.9 Å². The number of benzene rings is 1. The van der Waals surface area contributed by atoms with E-state index < -0.39 is 5.82 Å². The van der Waals surface area contributed by atoms with Gasteiger partial charge in [0, 0.05) is 38.7 Å². The molecule has 0 aliphatic carbocycles. The third kappa shape index (κ3) is 3.61. The molecule has 21 heavy (non-hydrogen) atoms. The highest BCUT2D eigenvalue weighted by Crippen LogP contribution is 2.22. The molecule has 0 unspecified atom stereocenters. The van der Waals surface area contributed by atoms with Gasteiger partial charge in [0.1, 0.15) is 5.82 Å². The third-order valence-corrected chi connectivity index (χ3v) is 4.38. The normalized spacial score (nSPS) is 15.9. The molecule has 0 spiro atoms. The number of hydrogen-bond donors (Lipinski definition) is 0. The summed E-state index contributed by atoms with van der Waals surface area (Å²) < 4.78 is 13.8. The van der Waals surface area contributed by atoms with E-state index in [0.29, 0.717) is 36.0 Å². The molecule has 4 nitrogen and oxygen atoms in total. The van der Waals surface area contributed by atoms with Crippen molar-refractivity contribution in [3.8, 4) is 0 Å². The predicted molar refractivity (Wildman–Crippen MR) is 81.4 cm³/mol. The number of halogens is 2. The first kappa shape index (κ1) is 15.9. The Balaban J connectivity index is 2.00. The number of amides is 2. The number of piperidine rings is 1. The van der Waals surface area contributed by atoms with Gasteiger partial charge in [-0.25, -0.2) is 4.39 Å². The van der Waals surface area contributed by atoms with Crippen molar-refractivity contribution in [3.05, 3.63) is 34.1 Å². The zero-order valence-electron chi connectivity index (χ0n) is 12.1. The number of carbonyl (C=O) groups is 2. The summed E-state index contributed by atoms with van der Waals surface area (Å²) in [6.07, 6.45) is 1.31. The van der Waals surface area contributed by atoms with Crippen LogP contribution in [0, 0.1) is 11.7 Å². The molecule has 0 aromatic heterocycles. The minimum Gasteiger partial charge on any atom is -0.349 e. The van der Waals surface area contributed by atoms with E-state index in [1.165, 1.54) is 12.1 Å². The molecular formula is C15H18BrFN2O2. The van der Waals surface area contributed by atoms with Gasteiger partial charge in [0.15, 0.2) is 0 Å². The van der Waals surface area contributed by atoms with Crippen molar-refractivity contribution >= 4 is 27.7 Å². The lowest BCUT2D eigenvalue weighted by atomic mass is 9.95. The first-order valence-electron chi connectivity index (χ1n) is 6.85. The van der Waals surface area contributed by atoms with Crippen molar-refractivity contribution < 1.29 is 14.0 Å². The summed E-state index contributed by atoms with van der Waals surface area (Å²) in [4.78, 5) is 27.5. The molecule has 0 bridgehead atoms. The van der Waals surface area contributed by atoms with Crippen LogP contribution in [0.25, 0.3) is 0 Å². The van der Waals surface area contributed by atoms with Crippen LogP contribution in [0.3, 0.4) is 0 Å². The van der Waals surface area contributed by atoms with Crippen LogP contribution < -0.4 is 0 Å². The van der Waals surface area contributed by atoms with E-state index in [2.05, 4.69) is 15.9 Å². The minimum absolute atomic E-state index is 0.0225. The fourth-order valence-electron chi connectivity index (χ4n) is 2.51. The fraction of sp³-hybridized carbons (Fsp3) is 0.467. The highest BCUT2D eigenvalue weighted by atomic mass is 79.9. The summed E-state index contributed by atoms with van der Waals surface area (Å²) in [6, 6.07) is 4.38. The van der Waals surface area contributed by atoms with Crippen LogP contribution in [0.1, 0.15) is 23.2 Å². The number of hydrogen-bond acceptors (Lipinski definition) is 2. The van der Waals surface area contributed by atoms with Crippen LogP contribution in [0.15, 0.2) is 22.7 Å². The largest absolute Gasteiger partial charge is 0.349 e. The maximum Gasteiger partial charge on any atom is 0.253 e. The maximum atomic E-state index is 13.5. The number of likely N-dealkylation sites (tertiary alicyclic amines) is 1. The third-order valence-electron chi connectivity index (χ3n) is 3.74. The summed E-state index contributed by atoms with van der Waals surface area (Å²) in [5, 5.41) is 0. The summed E-state index contributed by atoms with van der Waals surface area (Å²) in [5.74, 6) is -0.543. The van der Waals surface area contributed by atoms with E-state index in [1.54, 1.807) is 30.0 Å². The molecule has 1 saturated heterocycles. The van der Waals surface area contributed by atoms with Crippen LogP contribution in [0.2, 0.25) is 0 Å². The molecule has 114 valence electrons. The lowest BCUT2D eigenvalue weighted by Gasteiger charge is -2.32. The Labute approximate surface area is 132 Å². The van der Waals surface area contributed by atoms with Gasteiger partial charge in [-0.05, 0) is 47.0 Å². The van der Waals surface area contributed by atoms with E-state index >= 15 is 0 Å². The molecule has 0 saturated carbocycles. The van der Waals surface area contributed by atoms with Crippen molar-refractivity contribution in [2.45, 2.75) is 12.8 Å².